The van der Waals surface area contributed by atoms with E-state index in [0.29, 0.717) is 17.7 Å². The Bertz CT molecular complexity index is 722. The molecule has 0 aliphatic carbocycles. The van der Waals surface area contributed by atoms with Crippen LogP contribution in [0.3, 0.4) is 0 Å². The number of imidazole rings is 1. The average molecular weight is 265 g/mol. The van der Waals surface area contributed by atoms with E-state index in [-0.39, 0.29) is 17.3 Å². The predicted octanol–water partition coefficient (Wildman–Crippen LogP) is -0.616. The van der Waals surface area contributed by atoms with E-state index in [2.05, 4.69) is 16.8 Å². The van der Waals surface area contributed by atoms with E-state index in [1.165, 1.54) is 11.6 Å². The van der Waals surface area contributed by atoms with Gasteiger partial charge in [-0.1, -0.05) is 0 Å². The van der Waals surface area contributed by atoms with Crippen LogP contribution in [0.5, 0.6) is 0 Å². The molecular formula is C12H19N5O2. The average Bonchev–Trinajstić information content (AvgIpc) is 2.77. The molecule has 0 aromatic carbocycles. The molecule has 7 nitrogen and oxygen atoms in total. The van der Waals surface area contributed by atoms with Gasteiger partial charge in [0.05, 0.1) is 6.33 Å². The highest BCUT2D eigenvalue weighted by Crippen LogP contribution is 2.07. The van der Waals surface area contributed by atoms with Crippen molar-refractivity contribution in [1.29, 1.82) is 0 Å². The fraction of sp³-hybridized carbons (Fsp3) is 0.583. The van der Waals surface area contributed by atoms with Crippen molar-refractivity contribution >= 4 is 11.2 Å². The summed E-state index contributed by atoms with van der Waals surface area (Å²) < 4.78 is 4.32. The summed E-state index contributed by atoms with van der Waals surface area (Å²) >= 11 is 0. The van der Waals surface area contributed by atoms with Gasteiger partial charge < -0.3 is 9.47 Å². The molecule has 7 heteroatoms. The number of hydrogen-bond acceptors (Lipinski definition) is 4. The van der Waals surface area contributed by atoms with Gasteiger partial charge in [0.1, 0.15) is 0 Å². The molecule has 0 aliphatic rings. The molecule has 0 radical (unpaired) electrons. The number of likely N-dealkylation sites (N-methyl/N-ethyl adjacent to an activating group) is 1. The van der Waals surface area contributed by atoms with Gasteiger partial charge in [0.15, 0.2) is 11.2 Å². The van der Waals surface area contributed by atoms with Crippen LogP contribution in [0.2, 0.25) is 0 Å². The second kappa shape index (κ2) is 4.65. The van der Waals surface area contributed by atoms with Crippen LogP contribution in [-0.2, 0) is 20.6 Å². The van der Waals surface area contributed by atoms with Crippen molar-refractivity contribution in [3.63, 3.8) is 0 Å². The molecule has 2 aromatic rings. The van der Waals surface area contributed by atoms with Crippen molar-refractivity contribution in [2.75, 3.05) is 14.1 Å². The summed E-state index contributed by atoms with van der Waals surface area (Å²) in [5.74, 6) is 0. The van der Waals surface area contributed by atoms with E-state index in [4.69, 9.17) is 0 Å². The smallest absolute Gasteiger partial charge is 0.323 e. The molecule has 2 rings (SSSR count). The summed E-state index contributed by atoms with van der Waals surface area (Å²) in [7, 11) is 7.07. The third-order valence-electron chi connectivity index (χ3n) is 3.56. The van der Waals surface area contributed by atoms with Gasteiger partial charge in [0, 0.05) is 26.7 Å². The molecule has 19 heavy (non-hydrogen) atoms. The molecule has 0 aliphatic heterocycles. The monoisotopic (exact) mass is 265 g/mol. The Morgan fingerprint density at radius 3 is 2.47 bits per heavy atom. The van der Waals surface area contributed by atoms with Gasteiger partial charge >= 0.3 is 5.69 Å². The van der Waals surface area contributed by atoms with Crippen LogP contribution in [0.4, 0.5) is 0 Å². The topological polar surface area (TPSA) is 65.1 Å². The Hall–Kier alpha value is -1.89. The van der Waals surface area contributed by atoms with Gasteiger partial charge in [-0.3, -0.25) is 13.9 Å². The Balaban J connectivity index is 2.67. The highest BCUT2D eigenvalue weighted by molar-refractivity contribution is 5.69. The number of aryl methyl sites for hydroxylation is 1. The fourth-order valence-electron chi connectivity index (χ4n) is 1.98. The summed E-state index contributed by atoms with van der Waals surface area (Å²) in [6, 6.07) is 0.263. The summed E-state index contributed by atoms with van der Waals surface area (Å²) in [5, 5.41) is 0. The first-order valence-corrected chi connectivity index (χ1v) is 6.12. The molecule has 2 heterocycles. The largest absolute Gasteiger partial charge is 0.332 e. The second-order valence-corrected chi connectivity index (χ2v) is 5.09. The number of rotatable bonds is 3. The second-order valence-electron chi connectivity index (χ2n) is 5.09. The Morgan fingerprint density at radius 1 is 1.26 bits per heavy atom. The first kappa shape index (κ1) is 13.5. The third-order valence-corrected chi connectivity index (χ3v) is 3.56. The molecule has 1 unspecified atom stereocenters. The molecule has 0 saturated heterocycles. The van der Waals surface area contributed by atoms with E-state index < -0.39 is 0 Å². The molecule has 0 saturated carbocycles. The zero-order valence-corrected chi connectivity index (χ0v) is 11.9. The lowest BCUT2D eigenvalue weighted by atomic mass is 10.3. The Morgan fingerprint density at radius 2 is 1.89 bits per heavy atom. The SMILES string of the molecule is CC(Cn1cnc2c1c(=O)n(C)c(=O)n2C)N(C)C. The van der Waals surface area contributed by atoms with Gasteiger partial charge in [-0.05, 0) is 21.0 Å². The first-order valence-electron chi connectivity index (χ1n) is 6.12. The van der Waals surface area contributed by atoms with Crippen molar-refractivity contribution in [2.24, 2.45) is 14.1 Å². The number of hydrogen-bond donors (Lipinski definition) is 0. The van der Waals surface area contributed by atoms with Gasteiger partial charge in [-0.25, -0.2) is 9.78 Å². The molecule has 0 fully saturated rings. The van der Waals surface area contributed by atoms with E-state index >= 15 is 0 Å². The van der Waals surface area contributed by atoms with Gasteiger partial charge in [-0.2, -0.15) is 0 Å². The summed E-state index contributed by atoms with van der Waals surface area (Å²) in [5.41, 5.74) is 0.238. The summed E-state index contributed by atoms with van der Waals surface area (Å²) in [6.45, 7) is 2.72. The van der Waals surface area contributed by atoms with Crippen molar-refractivity contribution in [3.05, 3.63) is 27.2 Å². The Kier molecular flexibility index (Phi) is 3.32. The fourth-order valence-corrected chi connectivity index (χ4v) is 1.98. The zero-order chi connectivity index (χ0) is 14.3. The van der Waals surface area contributed by atoms with Crippen molar-refractivity contribution in [2.45, 2.75) is 19.5 Å². The molecule has 0 bridgehead atoms. The van der Waals surface area contributed by atoms with Crippen molar-refractivity contribution in [1.82, 2.24) is 23.6 Å². The first-order chi connectivity index (χ1) is 8.84. The van der Waals surface area contributed by atoms with Gasteiger partial charge in [0.2, 0.25) is 0 Å². The van der Waals surface area contributed by atoms with Crippen molar-refractivity contribution < 1.29 is 0 Å². The van der Waals surface area contributed by atoms with Crippen LogP contribution < -0.4 is 11.2 Å². The minimum absolute atomic E-state index is 0.263. The molecule has 1 atom stereocenters. The van der Waals surface area contributed by atoms with E-state index in [1.54, 1.807) is 13.4 Å². The van der Waals surface area contributed by atoms with E-state index in [0.717, 1.165) is 4.57 Å². The predicted molar refractivity (Wildman–Crippen MR) is 73.4 cm³/mol. The van der Waals surface area contributed by atoms with Crippen molar-refractivity contribution in [3.8, 4) is 0 Å². The minimum atomic E-state index is -0.358. The maximum Gasteiger partial charge on any atom is 0.332 e. The zero-order valence-electron chi connectivity index (χ0n) is 11.9. The number of nitrogens with zero attached hydrogens (tertiary/aromatic N) is 5. The molecule has 2 aromatic heterocycles. The van der Waals surface area contributed by atoms with Crippen LogP contribution in [-0.4, -0.2) is 43.7 Å². The van der Waals surface area contributed by atoms with Crippen LogP contribution in [0.1, 0.15) is 6.92 Å². The highest BCUT2D eigenvalue weighted by Gasteiger charge is 2.15. The minimum Gasteiger partial charge on any atom is -0.323 e. The summed E-state index contributed by atoms with van der Waals surface area (Å²) in [4.78, 5) is 30.3. The molecule has 104 valence electrons. The van der Waals surface area contributed by atoms with Crippen LogP contribution in [0, 0.1) is 0 Å². The van der Waals surface area contributed by atoms with Crippen LogP contribution in [0.25, 0.3) is 11.2 Å². The molecule has 0 N–H and O–H groups in total. The lowest BCUT2D eigenvalue weighted by Crippen LogP contribution is -2.38. The number of aromatic nitrogens is 4. The molecular weight excluding hydrogens is 246 g/mol. The van der Waals surface area contributed by atoms with Crippen LogP contribution >= 0.6 is 0 Å². The lowest BCUT2D eigenvalue weighted by Gasteiger charge is -2.20. The standard InChI is InChI=1S/C12H19N5O2/c1-8(14(2)3)6-17-7-13-10-9(17)11(18)16(5)12(19)15(10)4/h7-8H,6H2,1-5H3. The van der Waals surface area contributed by atoms with Gasteiger partial charge in [0.25, 0.3) is 5.56 Å². The highest BCUT2D eigenvalue weighted by atomic mass is 16.2. The maximum atomic E-state index is 12.2. The number of fused-ring (bicyclic) bond motifs is 1. The molecule has 0 spiro atoms. The van der Waals surface area contributed by atoms with E-state index in [1.807, 2.05) is 18.7 Å². The Labute approximate surface area is 110 Å². The normalized spacial score (nSPS) is 13.4. The maximum absolute atomic E-state index is 12.2. The van der Waals surface area contributed by atoms with E-state index in [9.17, 15) is 9.59 Å². The quantitative estimate of drug-likeness (QED) is 0.742. The molecule has 0 amide bonds. The lowest BCUT2D eigenvalue weighted by molar-refractivity contribution is 0.286. The van der Waals surface area contributed by atoms with Gasteiger partial charge in [-0.15, -0.1) is 0 Å². The van der Waals surface area contributed by atoms with Crippen LogP contribution in [0.15, 0.2) is 15.9 Å². The summed E-state index contributed by atoms with van der Waals surface area (Å²) in [6.07, 6.45) is 1.62. The third kappa shape index (κ3) is 2.10.